The lowest BCUT2D eigenvalue weighted by Gasteiger charge is -2.37. The van der Waals surface area contributed by atoms with Gasteiger partial charge in [0, 0.05) is 45.3 Å². The molecule has 1 heterocycles. The Hall–Kier alpha value is -0.640. The Kier molecular flexibility index (Phi) is 12.4. The molecule has 0 aliphatic carbocycles. The van der Waals surface area contributed by atoms with Crippen LogP contribution in [0, 0.1) is 11.7 Å². The molecule has 0 aromatic heterocycles. The van der Waals surface area contributed by atoms with Crippen molar-refractivity contribution in [3.63, 3.8) is 0 Å². The fourth-order valence-electron chi connectivity index (χ4n) is 3.57. The van der Waals surface area contributed by atoms with Crippen molar-refractivity contribution in [3.8, 4) is 0 Å². The molecule has 2 aromatic carbocycles. The minimum Gasteiger partial charge on any atom is -0.299 e. The van der Waals surface area contributed by atoms with Gasteiger partial charge in [-0.3, -0.25) is 9.80 Å². The van der Waals surface area contributed by atoms with E-state index in [1.54, 1.807) is 0 Å². The third-order valence-electron chi connectivity index (χ3n) is 5.55. The minimum absolute atomic E-state index is 0. The Bertz CT molecular complexity index is 986. The Morgan fingerprint density at radius 3 is 2.06 bits per heavy atom. The topological polar surface area (TPSA) is 52.6 Å². The zero-order valence-corrected chi connectivity index (χ0v) is 22.5. The van der Waals surface area contributed by atoms with Gasteiger partial charge in [0.15, 0.2) is 0 Å². The average molecular weight is 561 g/mol. The molecule has 0 spiro atoms. The van der Waals surface area contributed by atoms with Crippen molar-refractivity contribution < 1.29 is 12.8 Å². The zero-order chi connectivity index (χ0) is 22.6. The fraction of sp³-hybridized carbons (Fsp3) is 0.455. The van der Waals surface area contributed by atoms with Crippen molar-refractivity contribution in [1.82, 2.24) is 14.5 Å². The molecule has 2 aromatic rings. The second-order valence-electron chi connectivity index (χ2n) is 8.25. The monoisotopic (exact) mass is 559 g/mol. The maximum atomic E-state index is 13.1. The molecule has 1 atom stereocenters. The summed E-state index contributed by atoms with van der Waals surface area (Å²) < 4.78 is 41.4. The summed E-state index contributed by atoms with van der Waals surface area (Å²) in [4.78, 5) is 4.71. The Labute approximate surface area is 218 Å². The highest BCUT2D eigenvalue weighted by atomic mass is 35.5. The summed E-state index contributed by atoms with van der Waals surface area (Å²) in [5, 5.41) is 1.11. The number of hydrogen-bond donors (Lipinski definition) is 1. The van der Waals surface area contributed by atoms with Gasteiger partial charge in [-0.25, -0.2) is 17.5 Å². The maximum absolute atomic E-state index is 13.1. The number of halogens is 5. The first-order chi connectivity index (χ1) is 14.6. The number of piperazine rings is 1. The number of nitrogens with zero attached hydrogens (tertiary/aromatic N) is 2. The van der Waals surface area contributed by atoms with Crippen LogP contribution in [-0.2, 0) is 16.6 Å². The van der Waals surface area contributed by atoms with E-state index in [1.807, 2.05) is 32.0 Å². The van der Waals surface area contributed by atoms with E-state index in [1.165, 1.54) is 12.1 Å². The van der Waals surface area contributed by atoms with Crippen LogP contribution in [0.25, 0.3) is 0 Å². The molecule has 3 rings (SSSR count). The molecule has 0 amide bonds. The van der Waals surface area contributed by atoms with E-state index in [4.69, 9.17) is 23.2 Å². The predicted molar refractivity (Wildman–Crippen MR) is 138 cm³/mol. The second kappa shape index (κ2) is 13.4. The van der Waals surface area contributed by atoms with Gasteiger partial charge in [0.1, 0.15) is 5.82 Å². The highest BCUT2D eigenvalue weighted by Crippen LogP contribution is 2.23. The van der Waals surface area contributed by atoms with Crippen LogP contribution in [0.2, 0.25) is 10.0 Å². The highest BCUT2D eigenvalue weighted by molar-refractivity contribution is 7.89. The summed E-state index contributed by atoms with van der Waals surface area (Å²) in [5.74, 6) is -0.345. The van der Waals surface area contributed by atoms with E-state index in [9.17, 15) is 12.8 Å². The highest BCUT2D eigenvalue weighted by Gasteiger charge is 2.26. The smallest absolute Gasteiger partial charge is 0.240 e. The summed E-state index contributed by atoms with van der Waals surface area (Å²) in [6.07, 6.45) is 0. The van der Waals surface area contributed by atoms with Crippen molar-refractivity contribution in [1.29, 1.82) is 0 Å². The molecule has 0 saturated carbocycles. The van der Waals surface area contributed by atoms with Crippen molar-refractivity contribution in [2.75, 3.05) is 32.7 Å². The first kappa shape index (κ1) is 30.4. The molecule has 33 heavy (non-hydrogen) atoms. The second-order valence-corrected chi connectivity index (χ2v) is 10.8. The third kappa shape index (κ3) is 8.82. The van der Waals surface area contributed by atoms with Crippen LogP contribution >= 0.6 is 48.0 Å². The van der Waals surface area contributed by atoms with Gasteiger partial charge >= 0.3 is 0 Å². The molecule has 11 heteroatoms. The summed E-state index contributed by atoms with van der Waals surface area (Å²) in [5.41, 5.74) is 1.12. The number of nitrogens with one attached hydrogen (secondary N) is 1. The van der Waals surface area contributed by atoms with E-state index in [-0.39, 0.29) is 41.7 Å². The molecule has 5 nitrogen and oxygen atoms in total. The van der Waals surface area contributed by atoms with E-state index < -0.39 is 15.8 Å². The van der Waals surface area contributed by atoms with E-state index in [0.717, 1.165) is 50.4 Å². The molecule has 1 fully saturated rings. The number of rotatable bonds is 8. The number of sulfonamides is 1. The van der Waals surface area contributed by atoms with E-state index in [0.29, 0.717) is 16.6 Å². The van der Waals surface area contributed by atoms with E-state index >= 15 is 0 Å². The van der Waals surface area contributed by atoms with Crippen LogP contribution in [0.3, 0.4) is 0 Å². The maximum Gasteiger partial charge on any atom is 0.240 e. The summed E-state index contributed by atoms with van der Waals surface area (Å²) in [6.45, 7) is 8.89. The molecule has 1 N–H and O–H groups in total. The van der Waals surface area contributed by atoms with Crippen LogP contribution in [0.5, 0.6) is 0 Å². The SMILES string of the molecule is CC(C)[C@@H](CN1CCN(Cc2ccc(Cl)c(Cl)c2)CC1)NS(=O)(=O)c1ccc(F)cc1.Cl.Cl. The average Bonchev–Trinajstić information content (AvgIpc) is 2.72. The van der Waals surface area contributed by atoms with Gasteiger partial charge in [-0.1, -0.05) is 43.1 Å². The first-order valence-corrected chi connectivity index (χ1v) is 12.5. The van der Waals surface area contributed by atoms with Crippen LogP contribution in [0.4, 0.5) is 4.39 Å². The van der Waals surface area contributed by atoms with Crippen LogP contribution in [-0.4, -0.2) is 57.0 Å². The molecular weight excluding hydrogens is 531 g/mol. The van der Waals surface area contributed by atoms with Crippen molar-refractivity contribution in [2.24, 2.45) is 5.92 Å². The van der Waals surface area contributed by atoms with Crippen LogP contribution in [0.1, 0.15) is 19.4 Å². The Morgan fingerprint density at radius 1 is 0.939 bits per heavy atom. The lowest BCUT2D eigenvalue weighted by molar-refractivity contribution is 0.115. The number of hydrogen-bond acceptors (Lipinski definition) is 4. The standard InChI is InChI=1S/C22H28Cl2FN3O2S.2ClH/c1-16(2)22(26-31(29,30)19-6-4-18(25)5-7-19)15-28-11-9-27(10-12-28)14-17-3-8-20(23)21(24)13-17;;/h3-8,13,16,22,26H,9-12,14-15H2,1-2H3;2*1H/t22-;;/m1../s1. The Balaban J connectivity index is 0.00000272. The van der Waals surface area contributed by atoms with Crippen molar-refractivity contribution in [2.45, 2.75) is 31.3 Å². The first-order valence-electron chi connectivity index (χ1n) is 10.3. The lowest BCUT2D eigenvalue weighted by atomic mass is 10.0. The lowest BCUT2D eigenvalue weighted by Crippen LogP contribution is -2.52. The van der Waals surface area contributed by atoms with Gasteiger partial charge in [0.2, 0.25) is 10.0 Å². The largest absolute Gasteiger partial charge is 0.299 e. The van der Waals surface area contributed by atoms with E-state index in [2.05, 4.69) is 14.5 Å². The molecule has 0 bridgehead atoms. The van der Waals surface area contributed by atoms with Gasteiger partial charge < -0.3 is 0 Å². The normalized spacial score (nSPS) is 16.2. The molecular formula is C22H30Cl4FN3O2S. The van der Waals surface area contributed by atoms with Gasteiger partial charge in [0.05, 0.1) is 14.9 Å². The summed E-state index contributed by atoms with van der Waals surface area (Å²) >= 11 is 12.1. The third-order valence-corrected chi connectivity index (χ3v) is 7.79. The van der Waals surface area contributed by atoms with Gasteiger partial charge in [-0.15, -0.1) is 24.8 Å². The summed E-state index contributed by atoms with van der Waals surface area (Å²) in [6, 6.07) is 10.4. The molecule has 0 radical (unpaired) electrons. The molecule has 1 aliphatic rings. The van der Waals surface area contributed by atoms with Crippen molar-refractivity contribution in [3.05, 3.63) is 63.9 Å². The number of benzene rings is 2. The molecule has 0 unspecified atom stereocenters. The quantitative estimate of drug-likeness (QED) is 0.488. The van der Waals surface area contributed by atoms with Gasteiger partial charge in [-0.05, 0) is 47.9 Å². The van der Waals surface area contributed by atoms with Crippen LogP contribution < -0.4 is 4.72 Å². The molecule has 186 valence electrons. The summed E-state index contributed by atoms with van der Waals surface area (Å²) in [7, 11) is -3.71. The van der Waals surface area contributed by atoms with Gasteiger partial charge in [-0.2, -0.15) is 0 Å². The fourth-order valence-corrected chi connectivity index (χ4v) is 5.27. The zero-order valence-electron chi connectivity index (χ0n) is 18.5. The van der Waals surface area contributed by atoms with Gasteiger partial charge in [0.25, 0.3) is 0 Å². The molecule has 1 aliphatic heterocycles. The Morgan fingerprint density at radius 2 is 1.52 bits per heavy atom. The van der Waals surface area contributed by atoms with Crippen molar-refractivity contribution >= 4 is 58.0 Å². The predicted octanol–water partition coefficient (Wildman–Crippen LogP) is 5.10. The molecule has 1 saturated heterocycles. The minimum atomic E-state index is -3.71. The van der Waals surface area contributed by atoms with Crippen LogP contribution in [0.15, 0.2) is 47.4 Å².